The first-order valence-electron chi connectivity index (χ1n) is 10.2. The number of rotatable bonds is 7. The van der Waals surface area contributed by atoms with Gasteiger partial charge in [0.15, 0.2) is 6.10 Å². The largest absolute Gasteiger partial charge is 0.481 e. The third-order valence-corrected chi connectivity index (χ3v) is 5.30. The number of hydrazone groups is 1. The molecule has 1 unspecified atom stereocenters. The number of hydrogen-bond acceptors (Lipinski definition) is 4. The molecule has 0 fully saturated rings. The summed E-state index contributed by atoms with van der Waals surface area (Å²) in [5, 5.41) is 8.15. The molecule has 3 aromatic rings. The van der Waals surface area contributed by atoms with Crippen LogP contribution in [0.15, 0.2) is 71.8 Å². The van der Waals surface area contributed by atoms with Gasteiger partial charge in [-0.1, -0.05) is 35.3 Å². The van der Waals surface area contributed by atoms with Gasteiger partial charge in [0.2, 0.25) is 0 Å². The van der Waals surface area contributed by atoms with Gasteiger partial charge in [0.25, 0.3) is 11.8 Å². The Balaban J connectivity index is 1.56. The Bertz CT molecular complexity index is 1180. The molecule has 1 atom stereocenters. The minimum atomic E-state index is -0.744. The van der Waals surface area contributed by atoms with E-state index < -0.39 is 6.10 Å². The monoisotopic (exact) mass is 483 g/mol. The number of halogens is 2. The average Bonchev–Trinajstić information content (AvgIpc) is 2.79. The van der Waals surface area contributed by atoms with Crippen LogP contribution in [-0.4, -0.2) is 23.6 Å². The molecule has 170 valence electrons. The van der Waals surface area contributed by atoms with Crippen LogP contribution in [0.4, 0.5) is 5.69 Å². The molecule has 2 amide bonds. The lowest BCUT2D eigenvalue weighted by atomic mass is 10.1. The molecule has 6 nitrogen and oxygen atoms in total. The quantitative estimate of drug-likeness (QED) is 0.326. The zero-order valence-corrected chi connectivity index (χ0v) is 19.9. The van der Waals surface area contributed by atoms with Gasteiger partial charge in [-0.25, -0.2) is 5.43 Å². The molecule has 0 aliphatic carbocycles. The molecule has 0 saturated carbocycles. The lowest BCUT2D eigenvalue weighted by molar-refractivity contribution is -0.127. The fourth-order valence-corrected chi connectivity index (χ4v) is 3.24. The summed E-state index contributed by atoms with van der Waals surface area (Å²) in [7, 11) is 0. The molecule has 0 heterocycles. The smallest absolute Gasteiger partial charge is 0.280 e. The van der Waals surface area contributed by atoms with Gasteiger partial charge < -0.3 is 10.1 Å². The zero-order valence-electron chi connectivity index (χ0n) is 18.4. The molecule has 0 aliphatic rings. The number of benzene rings is 3. The fraction of sp³-hybridized carbons (Fsp3) is 0.160. The number of anilines is 1. The summed E-state index contributed by atoms with van der Waals surface area (Å²) >= 11 is 11.8. The summed E-state index contributed by atoms with van der Waals surface area (Å²) in [4.78, 5) is 24.7. The Kier molecular flexibility index (Phi) is 8.09. The summed E-state index contributed by atoms with van der Waals surface area (Å²) in [6, 6.07) is 19.0. The standard InChI is InChI=1S/C25H23Cl2N3O3/c1-15-14-21(27)10-13-23(15)33-17(3)24(31)30-29-16(2)18-6-11-22(12-7-18)28-25(32)19-4-8-20(26)9-5-19/h4-14,17H,1-3H3,(H,28,32)(H,30,31). The number of nitrogens with one attached hydrogen (secondary N) is 2. The third kappa shape index (κ3) is 6.81. The Morgan fingerprint density at radius 2 is 1.52 bits per heavy atom. The van der Waals surface area contributed by atoms with Gasteiger partial charge in [-0.05, 0) is 86.5 Å². The third-order valence-electron chi connectivity index (χ3n) is 4.81. The van der Waals surface area contributed by atoms with Crippen molar-refractivity contribution in [3.05, 3.63) is 93.5 Å². The molecular weight excluding hydrogens is 461 g/mol. The molecular formula is C25H23Cl2N3O3. The first kappa shape index (κ1) is 24.3. The van der Waals surface area contributed by atoms with E-state index in [1.165, 1.54) is 0 Å². The molecule has 0 spiro atoms. The first-order chi connectivity index (χ1) is 15.7. The minimum absolute atomic E-state index is 0.234. The topological polar surface area (TPSA) is 79.8 Å². The van der Waals surface area contributed by atoms with Crippen molar-refractivity contribution < 1.29 is 14.3 Å². The van der Waals surface area contributed by atoms with Crippen LogP contribution in [0.1, 0.15) is 35.3 Å². The van der Waals surface area contributed by atoms with Crippen molar-refractivity contribution >= 4 is 46.4 Å². The lowest BCUT2D eigenvalue weighted by Crippen LogP contribution is -2.34. The number of amides is 2. The summed E-state index contributed by atoms with van der Waals surface area (Å²) < 4.78 is 5.71. The lowest BCUT2D eigenvalue weighted by Gasteiger charge is -2.15. The van der Waals surface area contributed by atoms with Crippen molar-refractivity contribution in [1.29, 1.82) is 0 Å². The van der Waals surface area contributed by atoms with Crippen LogP contribution in [0.5, 0.6) is 5.75 Å². The number of aryl methyl sites for hydroxylation is 1. The summed E-state index contributed by atoms with van der Waals surface area (Å²) in [6.45, 7) is 5.28. The molecule has 33 heavy (non-hydrogen) atoms. The van der Waals surface area contributed by atoms with E-state index >= 15 is 0 Å². The van der Waals surface area contributed by atoms with Gasteiger partial charge in [-0.2, -0.15) is 5.10 Å². The molecule has 3 aromatic carbocycles. The van der Waals surface area contributed by atoms with Crippen LogP contribution in [0.25, 0.3) is 0 Å². The fourth-order valence-electron chi connectivity index (χ4n) is 2.88. The highest BCUT2D eigenvalue weighted by Gasteiger charge is 2.15. The Morgan fingerprint density at radius 1 is 0.909 bits per heavy atom. The van der Waals surface area contributed by atoms with Crippen molar-refractivity contribution in [2.24, 2.45) is 5.10 Å². The average molecular weight is 484 g/mol. The van der Waals surface area contributed by atoms with Crippen molar-refractivity contribution in [1.82, 2.24) is 5.43 Å². The van der Waals surface area contributed by atoms with E-state index in [1.54, 1.807) is 80.6 Å². The molecule has 0 aromatic heterocycles. The summed E-state index contributed by atoms with van der Waals surface area (Å²) in [5.74, 6) is -0.0310. The Labute approximate surface area is 202 Å². The maximum Gasteiger partial charge on any atom is 0.280 e. The predicted molar refractivity (Wildman–Crippen MR) is 132 cm³/mol. The van der Waals surface area contributed by atoms with Gasteiger partial charge in [-0.3, -0.25) is 9.59 Å². The van der Waals surface area contributed by atoms with Crippen LogP contribution < -0.4 is 15.5 Å². The number of ether oxygens (including phenoxy) is 1. The van der Waals surface area contributed by atoms with E-state index in [0.29, 0.717) is 32.8 Å². The van der Waals surface area contributed by atoms with Gasteiger partial charge in [-0.15, -0.1) is 0 Å². The van der Waals surface area contributed by atoms with E-state index in [2.05, 4.69) is 15.8 Å². The van der Waals surface area contributed by atoms with Gasteiger partial charge in [0.05, 0.1) is 5.71 Å². The minimum Gasteiger partial charge on any atom is -0.481 e. The van der Waals surface area contributed by atoms with Crippen LogP contribution in [0.2, 0.25) is 10.0 Å². The van der Waals surface area contributed by atoms with Crippen molar-refractivity contribution in [2.75, 3.05) is 5.32 Å². The second-order valence-electron chi connectivity index (χ2n) is 7.38. The molecule has 3 rings (SSSR count). The van der Waals surface area contributed by atoms with Gasteiger partial charge >= 0.3 is 0 Å². The SMILES string of the molecule is CC(=NNC(=O)C(C)Oc1ccc(Cl)cc1C)c1ccc(NC(=O)c2ccc(Cl)cc2)cc1. The van der Waals surface area contributed by atoms with Crippen LogP contribution >= 0.6 is 23.2 Å². The molecule has 0 bridgehead atoms. The highest BCUT2D eigenvalue weighted by Crippen LogP contribution is 2.23. The summed E-state index contributed by atoms with van der Waals surface area (Å²) in [6.07, 6.45) is -0.744. The summed E-state index contributed by atoms with van der Waals surface area (Å²) in [5.41, 5.74) is 5.90. The highest BCUT2D eigenvalue weighted by atomic mass is 35.5. The maximum atomic E-state index is 12.4. The maximum absolute atomic E-state index is 12.4. The molecule has 0 saturated heterocycles. The molecule has 2 N–H and O–H groups in total. The van der Waals surface area contributed by atoms with Crippen molar-refractivity contribution in [3.63, 3.8) is 0 Å². The Hall–Kier alpha value is -3.35. The second kappa shape index (κ2) is 11.0. The van der Waals surface area contributed by atoms with E-state index in [1.807, 2.05) is 6.92 Å². The van der Waals surface area contributed by atoms with E-state index in [4.69, 9.17) is 27.9 Å². The number of hydrogen-bond donors (Lipinski definition) is 2. The second-order valence-corrected chi connectivity index (χ2v) is 8.25. The van der Waals surface area contributed by atoms with Crippen molar-refractivity contribution in [3.8, 4) is 5.75 Å². The van der Waals surface area contributed by atoms with E-state index in [0.717, 1.165) is 11.1 Å². The molecule has 0 radical (unpaired) electrons. The predicted octanol–water partition coefficient (Wildman–Crippen LogP) is 5.86. The van der Waals surface area contributed by atoms with Crippen LogP contribution in [0.3, 0.4) is 0 Å². The zero-order chi connectivity index (χ0) is 24.0. The first-order valence-corrected chi connectivity index (χ1v) is 10.9. The van der Waals surface area contributed by atoms with E-state index in [-0.39, 0.29) is 11.8 Å². The van der Waals surface area contributed by atoms with Gasteiger partial charge in [0, 0.05) is 21.3 Å². The highest BCUT2D eigenvalue weighted by molar-refractivity contribution is 6.31. The van der Waals surface area contributed by atoms with Gasteiger partial charge in [0.1, 0.15) is 5.75 Å². The van der Waals surface area contributed by atoms with E-state index in [9.17, 15) is 9.59 Å². The van der Waals surface area contributed by atoms with Crippen LogP contribution in [-0.2, 0) is 4.79 Å². The molecule has 8 heteroatoms. The van der Waals surface area contributed by atoms with Crippen molar-refractivity contribution in [2.45, 2.75) is 26.9 Å². The Morgan fingerprint density at radius 3 is 2.15 bits per heavy atom. The van der Waals surface area contributed by atoms with Crippen LogP contribution in [0, 0.1) is 6.92 Å². The number of carbonyl (C=O) groups excluding carboxylic acids is 2. The normalized spacial score (nSPS) is 12.1. The molecule has 0 aliphatic heterocycles. The number of nitrogens with zero attached hydrogens (tertiary/aromatic N) is 1. The number of carbonyl (C=O) groups is 2.